The predicted molar refractivity (Wildman–Crippen MR) is 126 cm³/mol. The van der Waals surface area contributed by atoms with Gasteiger partial charge in [0.25, 0.3) is 5.91 Å². The SMILES string of the molecule is Cc1ccc(C(C)(C)NC(=O)c2cc3[nH]c4ccccc4c(=O)c3cc2P)c(C)n1. The molecular weight excluding hydrogens is 393 g/mol. The summed E-state index contributed by atoms with van der Waals surface area (Å²) < 4.78 is 0. The Morgan fingerprint density at radius 1 is 1.03 bits per heavy atom. The fourth-order valence-corrected chi connectivity index (χ4v) is 4.33. The van der Waals surface area contributed by atoms with Crippen LogP contribution in [0.25, 0.3) is 21.8 Å². The third kappa shape index (κ3) is 3.50. The van der Waals surface area contributed by atoms with E-state index in [0.717, 1.165) is 22.5 Å². The topological polar surface area (TPSA) is 74.8 Å². The number of pyridine rings is 2. The van der Waals surface area contributed by atoms with Gasteiger partial charge in [-0.25, -0.2) is 0 Å². The van der Waals surface area contributed by atoms with Crippen molar-refractivity contribution in [3.05, 3.63) is 81.3 Å². The molecule has 4 aromatic rings. The van der Waals surface area contributed by atoms with Gasteiger partial charge in [-0.2, -0.15) is 0 Å². The van der Waals surface area contributed by atoms with Gasteiger partial charge in [0.05, 0.1) is 11.1 Å². The van der Waals surface area contributed by atoms with Crippen molar-refractivity contribution in [3.63, 3.8) is 0 Å². The molecule has 4 rings (SSSR count). The zero-order chi connectivity index (χ0) is 21.6. The average Bonchev–Trinajstić information content (AvgIpc) is 2.67. The highest BCUT2D eigenvalue weighted by atomic mass is 31.0. The Hall–Kier alpha value is -3.04. The number of aromatic nitrogens is 2. The number of nitrogens with zero attached hydrogens (tertiary/aromatic N) is 1. The smallest absolute Gasteiger partial charge is 0.252 e. The number of hydrogen-bond donors (Lipinski definition) is 2. The van der Waals surface area contributed by atoms with Gasteiger partial charge in [0.15, 0.2) is 5.43 Å². The summed E-state index contributed by atoms with van der Waals surface area (Å²) in [6.45, 7) is 7.82. The molecule has 2 aromatic carbocycles. The lowest BCUT2D eigenvalue weighted by atomic mass is 9.92. The first-order chi connectivity index (χ1) is 14.2. The van der Waals surface area contributed by atoms with E-state index in [2.05, 4.69) is 24.5 Å². The summed E-state index contributed by atoms with van der Waals surface area (Å²) in [4.78, 5) is 33.9. The van der Waals surface area contributed by atoms with Crippen LogP contribution in [0.4, 0.5) is 0 Å². The van der Waals surface area contributed by atoms with Crippen molar-refractivity contribution in [1.29, 1.82) is 0 Å². The van der Waals surface area contributed by atoms with Gasteiger partial charge in [0.2, 0.25) is 0 Å². The molecule has 0 saturated carbocycles. The second kappa shape index (κ2) is 7.33. The molecule has 1 atom stereocenters. The Morgan fingerprint density at radius 2 is 1.77 bits per heavy atom. The lowest BCUT2D eigenvalue weighted by Gasteiger charge is -2.28. The van der Waals surface area contributed by atoms with Crippen LogP contribution in [0.15, 0.2) is 53.3 Å². The molecule has 6 heteroatoms. The van der Waals surface area contributed by atoms with Gasteiger partial charge in [0, 0.05) is 33.2 Å². The fourth-order valence-electron chi connectivity index (χ4n) is 3.95. The molecule has 0 spiro atoms. The molecule has 152 valence electrons. The second-order valence-corrected chi connectivity index (χ2v) is 8.77. The molecule has 2 aromatic heterocycles. The van der Waals surface area contributed by atoms with Crippen LogP contribution in [-0.2, 0) is 5.54 Å². The maximum atomic E-state index is 13.2. The number of rotatable bonds is 3. The monoisotopic (exact) mass is 417 g/mol. The van der Waals surface area contributed by atoms with Crippen molar-refractivity contribution in [2.75, 3.05) is 0 Å². The van der Waals surface area contributed by atoms with E-state index < -0.39 is 5.54 Å². The number of carbonyl (C=O) groups is 1. The molecule has 0 fully saturated rings. The molecule has 5 nitrogen and oxygen atoms in total. The summed E-state index contributed by atoms with van der Waals surface area (Å²) in [5.41, 5.74) is 4.04. The van der Waals surface area contributed by atoms with Crippen molar-refractivity contribution in [2.24, 2.45) is 0 Å². The van der Waals surface area contributed by atoms with E-state index in [-0.39, 0.29) is 11.3 Å². The van der Waals surface area contributed by atoms with E-state index in [1.54, 1.807) is 18.2 Å². The quantitative estimate of drug-likeness (QED) is 0.393. The van der Waals surface area contributed by atoms with E-state index in [1.165, 1.54) is 0 Å². The molecule has 30 heavy (non-hydrogen) atoms. The maximum absolute atomic E-state index is 13.2. The van der Waals surface area contributed by atoms with Gasteiger partial charge in [-0.3, -0.25) is 14.6 Å². The van der Waals surface area contributed by atoms with Gasteiger partial charge < -0.3 is 10.3 Å². The highest BCUT2D eigenvalue weighted by Crippen LogP contribution is 2.24. The second-order valence-electron chi connectivity index (χ2n) is 8.15. The molecule has 0 bridgehead atoms. The molecule has 2 N–H and O–H groups in total. The number of para-hydroxylation sites is 1. The largest absolute Gasteiger partial charge is 0.354 e. The Labute approximate surface area is 177 Å². The van der Waals surface area contributed by atoms with Crippen LogP contribution in [0.1, 0.15) is 41.2 Å². The third-order valence-corrected chi connectivity index (χ3v) is 5.92. The summed E-state index contributed by atoms with van der Waals surface area (Å²) in [5.74, 6) is -0.208. The highest BCUT2D eigenvalue weighted by molar-refractivity contribution is 7.27. The number of benzene rings is 2. The van der Waals surface area contributed by atoms with Crippen LogP contribution >= 0.6 is 9.24 Å². The molecule has 2 heterocycles. The molecule has 0 radical (unpaired) electrons. The summed E-state index contributed by atoms with van der Waals surface area (Å²) in [7, 11) is 2.58. The van der Waals surface area contributed by atoms with Crippen molar-refractivity contribution in [2.45, 2.75) is 33.2 Å². The maximum Gasteiger partial charge on any atom is 0.252 e. The molecular formula is C24H24N3O2P. The van der Waals surface area contributed by atoms with E-state index in [1.807, 2.05) is 58.0 Å². The van der Waals surface area contributed by atoms with Crippen LogP contribution < -0.4 is 16.1 Å². The number of fused-ring (bicyclic) bond motifs is 2. The van der Waals surface area contributed by atoms with Crippen LogP contribution in [0.2, 0.25) is 0 Å². The fraction of sp³-hybridized carbons (Fsp3) is 0.208. The Morgan fingerprint density at radius 3 is 2.50 bits per heavy atom. The molecule has 1 unspecified atom stereocenters. The van der Waals surface area contributed by atoms with E-state index in [9.17, 15) is 9.59 Å². The number of H-pyrrole nitrogens is 1. The van der Waals surface area contributed by atoms with Crippen LogP contribution in [0.3, 0.4) is 0 Å². The average molecular weight is 417 g/mol. The van der Waals surface area contributed by atoms with E-state index >= 15 is 0 Å². The minimum Gasteiger partial charge on any atom is -0.354 e. The number of carbonyl (C=O) groups excluding carboxylic acids is 1. The summed E-state index contributed by atoms with van der Waals surface area (Å²) in [6, 6.07) is 14.8. The van der Waals surface area contributed by atoms with Gasteiger partial charge in [-0.1, -0.05) is 18.2 Å². The first-order valence-corrected chi connectivity index (χ1v) is 10.4. The van der Waals surface area contributed by atoms with Crippen molar-refractivity contribution < 1.29 is 4.79 Å². The summed E-state index contributed by atoms with van der Waals surface area (Å²) in [5, 5.41) is 5.00. The first-order valence-electron chi connectivity index (χ1n) is 9.79. The Kier molecular flexibility index (Phi) is 4.95. The zero-order valence-electron chi connectivity index (χ0n) is 17.5. The third-order valence-electron chi connectivity index (χ3n) is 5.44. The molecule has 1 amide bonds. The molecule has 0 aliphatic carbocycles. The van der Waals surface area contributed by atoms with E-state index in [4.69, 9.17) is 0 Å². The number of hydrogen-bond acceptors (Lipinski definition) is 3. The van der Waals surface area contributed by atoms with Crippen molar-refractivity contribution in [3.8, 4) is 0 Å². The number of aryl methyl sites for hydroxylation is 2. The van der Waals surface area contributed by atoms with Crippen molar-refractivity contribution in [1.82, 2.24) is 15.3 Å². The van der Waals surface area contributed by atoms with Crippen molar-refractivity contribution >= 4 is 42.3 Å². The predicted octanol–water partition coefficient (Wildman–Crippen LogP) is 3.86. The lowest BCUT2D eigenvalue weighted by Crippen LogP contribution is -2.42. The van der Waals surface area contributed by atoms with Crippen LogP contribution in [0.5, 0.6) is 0 Å². The van der Waals surface area contributed by atoms with Crippen LogP contribution in [0, 0.1) is 13.8 Å². The van der Waals surface area contributed by atoms with Gasteiger partial charge in [-0.05, 0) is 68.9 Å². The standard InChI is InChI=1S/C24H24N3O2P/c1-13-9-10-18(14(2)25-13)24(3,4)27-23(29)17-11-20-16(12-21(17)30)22(28)15-7-5-6-8-19(15)26-20/h5-12H,30H2,1-4H3,(H,26,28)(H,27,29). The number of nitrogens with one attached hydrogen (secondary N) is 2. The Balaban J connectivity index is 1.76. The minimum atomic E-state index is -0.606. The minimum absolute atomic E-state index is 0.0447. The first kappa shape index (κ1) is 20.2. The summed E-state index contributed by atoms with van der Waals surface area (Å²) >= 11 is 0. The number of aromatic amines is 1. The number of amides is 1. The normalized spacial score (nSPS) is 11.8. The molecule has 0 aliphatic heterocycles. The van der Waals surface area contributed by atoms with E-state index in [0.29, 0.717) is 27.2 Å². The van der Waals surface area contributed by atoms with Gasteiger partial charge in [0.1, 0.15) is 0 Å². The molecule has 0 saturated heterocycles. The van der Waals surface area contributed by atoms with Gasteiger partial charge >= 0.3 is 0 Å². The lowest BCUT2D eigenvalue weighted by molar-refractivity contribution is 0.0913. The summed E-state index contributed by atoms with van der Waals surface area (Å²) in [6.07, 6.45) is 0. The highest BCUT2D eigenvalue weighted by Gasteiger charge is 2.26. The zero-order valence-corrected chi connectivity index (χ0v) is 18.6. The van der Waals surface area contributed by atoms with Gasteiger partial charge in [-0.15, -0.1) is 9.24 Å². The van der Waals surface area contributed by atoms with Crippen LogP contribution in [-0.4, -0.2) is 15.9 Å². The molecule has 0 aliphatic rings. The Bertz CT molecular complexity index is 1370.